The molecule has 15 heteroatoms. The molecule has 15 nitrogen and oxygen atoms in total. The highest BCUT2D eigenvalue weighted by Gasteiger charge is 2.72. The van der Waals surface area contributed by atoms with E-state index in [0.717, 1.165) is 31.3 Å². The molecule has 7 rings (SSSR count). The van der Waals surface area contributed by atoms with Crippen molar-refractivity contribution in [2.45, 2.75) is 187 Å². The van der Waals surface area contributed by atoms with Gasteiger partial charge in [-0.3, -0.25) is 9.59 Å². The largest absolute Gasteiger partial charge is 0.463 e. The SMILES string of the molecule is CC(=O)OC[C@H]1O[C@@H](OC(=O)[C@]23CCC(C)(C)C[C@H]2C2=CC[C@@H]4[C@@]5(C)CC[C@H](O[C@@H]6O[C@H](CO)[C@@H](O)[C@H](O)[C@H]6O)C(C)(C)[C@@H]5CC[C@@]4(C)[C@]2(C)C[C@@H]3O)[C@H](O)[C@@H](O)[C@@H]1O. The van der Waals surface area contributed by atoms with Crippen LogP contribution in [-0.2, 0) is 33.3 Å². The Kier molecular flexibility index (Phi) is 11.9. The topological polar surface area (TPSA) is 242 Å². The van der Waals surface area contributed by atoms with Crippen molar-refractivity contribution in [2.24, 2.45) is 50.2 Å². The summed E-state index contributed by atoms with van der Waals surface area (Å²) in [7, 11) is 0. The summed E-state index contributed by atoms with van der Waals surface area (Å²) in [5, 5.41) is 86.2. The minimum absolute atomic E-state index is 0.149. The number of rotatable bonds is 7. The van der Waals surface area contributed by atoms with E-state index in [1.165, 1.54) is 6.92 Å². The number of aliphatic hydroxyl groups excluding tert-OH is 8. The van der Waals surface area contributed by atoms with Crippen molar-refractivity contribution >= 4 is 11.9 Å². The smallest absolute Gasteiger partial charge is 0.317 e. The molecule has 0 spiro atoms. The van der Waals surface area contributed by atoms with E-state index in [-0.39, 0.29) is 45.5 Å². The Labute approximate surface area is 347 Å². The summed E-state index contributed by atoms with van der Waals surface area (Å²) in [5.74, 6) is -1.33. The number of esters is 2. The van der Waals surface area contributed by atoms with Crippen molar-refractivity contribution in [2.75, 3.05) is 13.2 Å². The molecule has 0 aromatic carbocycles. The van der Waals surface area contributed by atoms with Crippen molar-refractivity contribution < 1.29 is 74.1 Å². The molecule has 0 radical (unpaired) electrons. The molecular formula is C44H70O15. The van der Waals surface area contributed by atoms with Gasteiger partial charge in [0.1, 0.15) is 60.9 Å². The van der Waals surface area contributed by atoms with Crippen LogP contribution in [0.25, 0.3) is 0 Å². The lowest BCUT2D eigenvalue weighted by atomic mass is 9.33. The van der Waals surface area contributed by atoms with Crippen molar-refractivity contribution in [3.63, 3.8) is 0 Å². The first-order valence-electron chi connectivity index (χ1n) is 21.8. The van der Waals surface area contributed by atoms with Crippen LogP contribution in [0.1, 0.15) is 113 Å². The lowest BCUT2D eigenvalue weighted by molar-refractivity contribution is -0.330. The molecule has 7 aliphatic rings. The minimum Gasteiger partial charge on any atom is -0.463 e. The van der Waals surface area contributed by atoms with E-state index in [1.54, 1.807) is 0 Å². The Morgan fingerprint density at radius 1 is 0.746 bits per heavy atom. The zero-order valence-corrected chi connectivity index (χ0v) is 36.0. The fraction of sp³-hybridized carbons (Fsp3) is 0.909. The predicted octanol–water partition coefficient (Wildman–Crippen LogP) is 1.86. The van der Waals surface area contributed by atoms with Crippen LogP contribution in [0.15, 0.2) is 11.6 Å². The summed E-state index contributed by atoms with van der Waals surface area (Å²) in [6, 6.07) is 0. The van der Waals surface area contributed by atoms with Gasteiger partial charge in [-0.2, -0.15) is 0 Å². The number of hydrogen-bond donors (Lipinski definition) is 8. The monoisotopic (exact) mass is 838 g/mol. The highest BCUT2D eigenvalue weighted by molar-refractivity contribution is 5.80. The molecule has 0 amide bonds. The molecule has 6 fully saturated rings. The van der Waals surface area contributed by atoms with Gasteiger partial charge < -0.3 is 64.5 Å². The van der Waals surface area contributed by atoms with Crippen LogP contribution in [0.5, 0.6) is 0 Å². The average Bonchev–Trinajstić information content (AvgIpc) is 3.15. The second-order valence-electron chi connectivity index (χ2n) is 21.4. The van der Waals surface area contributed by atoms with Crippen LogP contribution in [-0.4, -0.2) is 140 Å². The maximum Gasteiger partial charge on any atom is 0.317 e. The summed E-state index contributed by atoms with van der Waals surface area (Å²) in [5.41, 5.74) is -1.66. The second-order valence-corrected chi connectivity index (χ2v) is 21.4. The molecule has 59 heavy (non-hydrogen) atoms. The molecule has 0 aromatic rings. The molecular weight excluding hydrogens is 768 g/mol. The Bertz CT molecular complexity index is 1630. The number of ether oxygens (including phenoxy) is 5. The summed E-state index contributed by atoms with van der Waals surface area (Å²) in [4.78, 5) is 26.3. The van der Waals surface area contributed by atoms with Gasteiger partial charge in [-0.1, -0.05) is 60.1 Å². The third-order valence-electron chi connectivity index (χ3n) is 17.5. The van der Waals surface area contributed by atoms with E-state index in [9.17, 15) is 50.4 Å². The van der Waals surface area contributed by atoms with Crippen LogP contribution in [0, 0.1) is 50.2 Å². The number of hydrogen-bond acceptors (Lipinski definition) is 15. The van der Waals surface area contributed by atoms with Gasteiger partial charge in [0.25, 0.3) is 0 Å². The standard InChI is InChI=1S/C44H70O15/c1-21(46)55-20-25-31(49)33(51)35(53)37(57-25)59-38(54)44-16-15-39(2,3)17-23(44)22-9-10-27-41(6)13-12-29(58-36-34(52)32(50)30(48)24(19-45)56-36)40(4,5)26(41)11-14-42(27,7)43(22,8)18-28(44)47/h9,23-37,45,47-53H,10-20H2,1-8H3/t23-,24+,25+,26-,27+,28-,29-,30+,31+,32-,33-,34+,35+,36-,37-,41-,42+,43+,44+/m0/s1. The maximum atomic E-state index is 14.8. The highest BCUT2D eigenvalue weighted by atomic mass is 16.7. The van der Waals surface area contributed by atoms with Crippen molar-refractivity contribution in [3.8, 4) is 0 Å². The highest BCUT2D eigenvalue weighted by Crippen LogP contribution is 2.76. The van der Waals surface area contributed by atoms with E-state index in [4.69, 9.17) is 23.7 Å². The summed E-state index contributed by atoms with van der Waals surface area (Å²) in [6.45, 7) is 16.0. The van der Waals surface area contributed by atoms with Crippen LogP contribution < -0.4 is 0 Å². The maximum absolute atomic E-state index is 14.8. The fourth-order valence-electron chi connectivity index (χ4n) is 13.8. The molecule has 4 saturated carbocycles. The average molecular weight is 839 g/mol. The normalized spacial score (nSPS) is 51.5. The van der Waals surface area contributed by atoms with Gasteiger partial charge in [0, 0.05) is 6.92 Å². The number of allylic oxidation sites excluding steroid dienone is 2. The van der Waals surface area contributed by atoms with Crippen LogP contribution in [0.3, 0.4) is 0 Å². The van der Waals surface area contributed by atoms with E-state index >= 15 is 0 Å². The molecule has 0 unspecified atom stereocenters. The number of carbonyl (C=O) groups is 2. The van der Waals surface area contributed by atoms with E-state index in [0.29, 0.717) is 32.1 Å². The lowest BCUT2D eigenvalue weighted by Crippen LogP contribution is -2.68. The minimum atomic E-state index is -1.78. The molecule has 8 N–H and O–H groups in total. The molecule has 19 atom stereocenters. The van der Waals surface area contributed by atoms with Gasteiger partial charge in [0.15, 0.2) is 6.29 Å². The van der Waals surface area contributed by atoms with Crippen molar-refractivity contribution in [1.82, 2.24) is 0 Å². The summed E-state index contributed by atoms with van der Waals surface area (Å²) < 4.78 is 29.0. The molecule has 2 saturated heterocycles. The Morgan fingerprint density at radius 3 is 2.02 bits per heavy atom. The predicted molar refractivity (Wildman–Crippen MR) is 208 cm³/mol. The Morgan fingerprint density at radius 2 is 1.37 bits per heavy atom. The molecule has 5 aliphatic carbocycles. The first-order chi connectivity index (χ1) is 27.4. The van der Waals surface area contributed by atoms with Crippen molar-refractivity contribution in [1.29, 1.82) is 0 Å². The quantitative estimate of drug-likeness (QED) is 0.104. The number of carbonyl (C=O) groups excluding carboxylic acids is 2. The fourth-order valence-corrected chi connectivity index (χ4v) is 13.8. The first-order valence-corrected chi connectivity index (χ1v) is 21.8. The van der Waals surface area contributed by atoms with Gasteiger partial charge >= 0.3 is 11.9 Å². The molecule has 0 aromatic heterocycles. The van der Waals surface area contributed by atoms with E-state index in [2.05, 4.69) is 54.5 Å². The Balaban J connectivity index is 1.17. The van der Waals surface area contributed by atoms with Crippen LogP contribution >= 0.6 is 0 Å². The molecule has 0 bridgehead atoms. The zero-order chi connectivity index (χ0) is 43.4. The summed E-state index contributed by atoms with van der Waals surface area (Å²) >= 11 is 0. The second kappa shape index (κ2) is 15.5. The van der Waals surface area contributed by atoms with Gasteiger partial charge in [-0.25, -0.2) is 0 Å². The van der Waals surface area contributed by atoms with Gasteiger partial charge in [0.05, 0.1) is 18.8 Å². The van der Waals surface area contributed by atoms with E-state index < -0.39 is 103 Å². The zero-order valence-electron chi connectivity index (χ0n) is 36.0. The van der Waals surface area contributed by atoms with E-state index in [1.807, 2.05) is 0 Å². The van der Waals surface area contributed by atoms with Crippen LogP contribution in [0.4, 0.5) is 0 Å². The summed E-state index contributed by atoms with van der Waals surface area (Å²) in [6.07, 6.45) is -8.02. The van der Waals surface area contributed by atoms with Gasteiger partial charge in [-0.05, 0) is 103 Å². The molecule has 2 aliphatic heterocycles. The number of fused-ring (bicyclic) bond motifs is 7. The number of aliphatic hydroxyl groups is 8. The van der Waals surface area contributed by atoms with Crippen LogP contribution in [0.2, 0.25) is 0 Å². The lowest BCUT2D eigenvalue weighted by Gasteiger charge is -2.71. The Hall–Kier alpha value is -1.76. The third kappa shape index (κ3) is 6.95. The molecule has 336 valence electrons. The van der Waals surface area contributed by atoms with Crippen molar-refractivity contribution in [3.05, 3.63) is 11.6 Å². The molecule has 2 heterocycles. The first kappa shape index (κ1) is 45.3. The van der Waals surface area contributed by atoms with Gasteiger partial charge in [0.2, 0.25) is 6.29 Å². The van der Waals surface area contributed by atoms with Gasteiger partial charge in [-0.15, -0.1) is 0 Å². The third-order valence-corrected chi connectivity index (χ3v) is 17.5.